The van der Waals surface area contributed by atoms with Crippen molar-refractivity contribution in [3.8, 4) is 0 Å². The van der Waals surface area contributed by atoms with Crippen LogP contribution in [0, 0.1) is 5.92 Å². The van der Waals surface area contributed by atoms with Crippen molar-refractivity contribution in [3.05, 3.63) is 35.9 Å². The molecule has 1 N–H and O–H groups in total. The Hall–Kier alpha value is -1.88. The number of esters is 2. The normalized spacial score (nSPS) is 14.1. The van der Waals surface area contributed by atoms with Gasteiger partial charge in [0.05, 0.1) is 0 Å². The number of rotatable bonds is 7. The molecule has 134 valence electrons. The molecule has 0 aliphatic rings. The molecule has 2 atom stereocenters. The van der Waals surface area contributed by atoms with Gasteiger partial charge in [-0.05, 0) is 39.2 Å². The molecule has 1 aromatic carbocycles. The fourth-order valence-corrected chi connectivity index (χ4v) is 2.08. The molecule has 0 radical (unpaired) electrons. The molecule has 5 nitrogen and oxygen atoms in total. The highest BCUT2D eigenvalue weighted by Crippen LogP contribution is 2.11. The first-order valence-corrected chi connectivity index (χ1v) is 8.29. The highest BCUT2D eigenvalue weighted by Gasteiger charge is 2.29. The van der Waals surface area contributed by atoms with E-state index < -0.39 is 17.7 Å². The van der Waals surface area contributed by atoms with Gasteiger partial charge in [-0.25, -0.2) is 0 Å². The van der Waals surface area contributed by atoms with E-state index in [-0.39, 0.29) is 24.5 Å². The molecule has 0 saturated carbocycles. The summed E-state index contributed by atoms with van der Waals surface area (Å²) in [5.41, 5.74) is 0.363. The zero-order valence-corrected chi connectivity index (χ0v) is 15.5. The van der Waals surface area contributed by atoms with Gasteiger partial charge in [0.2, 0.25) is 0 Å². The van der Waals surface area contributed by atoms with Crippen LogP contribution in [0.5, 0.6) is 0 Å². The maximum absolute atomic E-state index is 12.4. The maximum Gasteiger partial charge on any atom is 0.323 e. The second-order valence-electron chi connectivity index (χ2n) is 7.24. The molecule has 1 rings (SSSR count). The van der Waals surface area contributed by atoms with E-state index in [2.05, 4.69) is 5.32 Å². The van der Waals surface area contributed by atoms with E-state index in [1.54, 1.807) is 6.92 Å². The number of ether oxygens (including phenoxy) is 2. The third-order valence-electron chi connectivity index (χ3n) is 3.33. The number of hydrogen-bond acceptors (Lipinski definition) is 5. The highest BCUT2D eigenvalue weighted by molar-refractivity contribution is 5.79. The van der Waals surface area contributed by atoms with Crippen molar-refractivity contribution in [2.24, 2.45) is 5.92 Å². The number of nitrogens with one attached hydrogen (secondary N) is 1. The van der Waals surface area contributed by atoms with Crippen LogP contribution in [0.3, 0.4) is 0 Å². The summed E-state index contributed by atoms with van der Waals surface area (Å²) in [7, 11) is 0. The molecule has 0 aromatic heterocycles. The van der Waals surface area contributed by atoms with E-state index in [9.17, 15) is 9.59 Å². The van der Waals surface area contributed by atoms with Crippen molar-refractivity contribution < 1.29 is 19.1 Å². The molecular formula is C19H29NO4. The molecule has 24 heavy (non-hydrogen) atoms. The van der Waals surface area contributed by atoms with Gasteiger partial charge in [0.25, 0.3) is 0 Å². The molecule has 0 fully saturated rings. The van der Waals surface area contributed by atoms with Gasteiger partial charge >= 0.3 is 11.9 Å². The summed E-state index contributed by atoms with van der Waals surface area (Å²) in [4.78, 5) is 24.4. The summed E-state index contributed by atoms with van der Waals surface area (Å²) >= 11 is 0. The monoisotopic (exact) mass is 335 g/mol. The fourth-order valence-electron chi connectivity index (χ4n) is 2.08. The minimum Gasteiger partial charge on any atom is -0.460 e. The minimum atomic E-state index is -0.596. The number of benzene rings is 1. The topological polar surface area (TPSA) is 64.6 Å². The first-order valence-electron chi connectivity index (χ1n) is 8.29. The zero-order chi connectivity index (χ0) is 18.3. The van der Waals surface area contributed by atoms with Crippen molar-refractivity contribution in [2.75, 3.05) is 0 Å². The summed E-state index contributed by atoms with van der Waals surface area (Å²) in [5, 5.41) is 3.03. The average Bonchev–Trinajstić information content (AvgIpc) is 2.49. The molecule has 0 heterocycles. The molecule has 0 amide bonds. The van der Waals surface area contributed by atoms with Gasteiger partial charge in [-0.15, -0.1) is 0 Å². The van der Waals surface area contributed by atoms with Crippen LogP contribution in [0.2, 0.25) is 0 Å². The molecule has 0 aliphatic carbocycles. The van der Waals surface area contributed by atoms with Crippen LogP contribution in [0.4, 0.5) is 0 Å². The van der Waals surface area contributed by atoms with Crippen molar-refractivity contribution in [1.82, 2.24) is 5.32 Å². The van der Waals surface area contributed by atoms with Crippen LogP contribution in [0.1, 0.15) is 47.1 Å². The molecule has 0 bridgehead atoms. The third kappa shape index (κ3) is 7.13. The van der Waals surface area contributed by atoms with E-state index >= 15 is 0 Å². The van der Waals surface area contributed by atoms with Crippen LogP contribution in [-0.2, 0) is 25.7 Å². The SMILES string of the molecule is CC(C)[C@H](N[C@@H](C)C(=O)OC(C)(C)C)C(=O)OCc1ccccc1. The van der Waals surface area contributed by atoms with E-state index in [1.165, 1.54) is 0 Å². The third-order valence-corrected chi connectivity index (χ3v) is 3.33. The lowest BCUT2D eigenvalue weighted by Crippen LogP contribution is -2.50. The Balaban J connectivity index is 2.62. The molecule has 0 saturated heterocycles. The van der Waals surface area contributed by atoms with E-state index in [4.69, 9.17) is 9.47 Å². The summed E-state index contributed by atoms with van der Waals surface area (Å²) in [6, 6.07) is 8.32. The van der Waals surface area contributed by atoms with Crippen molar-refractivity contribution >= 4 is 11.9 Å². The second-order valence-corrected chi connectivity index (χ2v) is 7.24. The quantitative estimate of drug-likeness (QED) is 0.776. The smallest absolute Gasteiger partial charge is 0.323 e. The van der Waals surface area contributed by atoms with E-state index in [0.717, 1.165) is 5.56 Å². The van der Waals surface area contributed by atoms with Crippen LogP contribution in [-0.4, -0.2) is 29.6 Å². The summed E-state index contributed by atoms with van der Waals surface area (Å²) in [6.07, 6.45) is 0. The van der Waals surface area contributed by atoms with Gasteiger partial charge in [-0.2, -0.15) is 0 Å². The van der Waals surface area contributed by atoms with E-state index in [0.29, 0.717) is 0 Å². The van der Waals surface area contributed by atoms with Gasteiger partial charge in [0.1, 0.15) is 24.3 Å². The van der Waals surface area contributed by atoms with Crippen LogP contribution in [0.15, 0.2) is 30.3 Å². The summed E-state index contributed by atoms with van der Waals surface area (Å²) in [6.45, 7) is 11.1. The number of carbonyl (C=O) groups excluding carboxylic acids is 2. The van der Waals surface area contributed by atoms with E-state index in [1.807, 2.05) is 65.0 Å². The molecule has 1 aromatic rings. The van der Waals surface area contributed by atoms with Gasteiger partial charge in [-0.1, -0.05) is 44.2 Å². The van der Waals surface area contributed by atoms with Crippen LogP contribution < -0.4 is 5.32 Å². The van der Waals surface area contributed by atoms with Gasteiger partial charge in [-0.3, -0.25) is 14.9 Å². The first-order chi connectivity index (χ1) is 11.1. The molecule has 0 spiro atoms. The summed E-state index contributed by atoms with van der Waals surface area (Å²) < 4.78 is 10.7. The number of hydrogen-bond donors (Lipinski definition) is 1. The lowest BCUT2D eigenvalue weighted by molar-refractivity contribution is -0.158. The Morgan fingerprint density at radius 1 is 1.04 bits per heavy atom. The van der Waals surface area contributed by atoms with Crippen LogP contribution in [0.25, 0.3) is 0 Å². The molecule has 5 heteroatoms. The van der Waals surface area contributed by atoms with Crippen molar-refractivity contribution in [1.29, 1.82) is 0 Å². The van der Waals surface area contributed by atoms with Crippen LogP contribution >= 0.6 is 0 Å². The summed E-state index contributed by atoms with van der Waals surface area (Å²) in [5.74, 6) is -0.772. The first kappa shape index (κ1) is 20.2. The standard InChI is InChI=1S/C19H29NO4/c1-13(2)16(20-14(3)17(21)24-19(4,5)6)18(22)23-12-15-10-8-7-9-11-15/h7-11,13-14,16,20H,12H2,1-6H3/t14-,16-/m0/s1. The lowest BCUT2D eigenvalue weighted by atomic mass is 10.0. The van der Waals surface area contributed by atoms with Gasteiger partial charge in [0.15, 0.2) is 0 Å². The predicted molar refractivity (Wildman–Crippen MR) is 93.3 cm³/mol. The van der Waals surface area contributed by atoms with Crippen molar-refractivity contribution in [3.63, 3.8) is 0 Å². The highest BCUT2D eigenvalue weighted by atomic mass is 16.6. The maximum atomic E-state index is 12.4. The minimum absolute atomic E-state index is 0.0156. The molecular weight excluding hydrogens is 306 g/mol. The predicted octanol–water partition coefficient (Wildman–Crippen LogP) is 3.07. The largest absolute Gasteiger partial charge is 0.460 e. The lowest BCUT2D eigenvalue weighted by Gasteiger charge is -2.27. The fraction of sp³-hybridized carbons (Fsp3) is 0.579. The molecule has 0 aliphatic heterocycles. The average molecular weight is 335 g/mol. The van der Waals surface area contributed by atoms with Gasteiger partial charge < -0.3 is 9.47 Å². The Morgan fingerprint density at radius 3 is 2.12 bits per heavy atom. The Kier molecular flexibility index (Phi) is 7.42. The zero-order valence-electron chi connectivity index (χ0n) is 15.5. The van der Waals surface area contributed by atoms with Gasteiger partial charge in [0, 0.05) is 0 Å². The Bertz CT molecular complexity index is 534. The number of carbonyl (C=O) groups is 2. The Labute approximate surface area is 144 Å². The second kappa shape index (κ2) is 8.83. The molecule has 0 unspecified atom stereocenters. The van der Waals surface area contributed by atoms with Crippen molar-refractivity contribution in [2.45, 2.75) is 65.8 Å². The Morgan fingerprint density at radius 2 is 1.62 bits per heavy atom.